The van der Waals surface area contributed by atoms with Crippen LogP contribution in [0, 0.1) is 13.8 Å². The number of guanidine groups is 1. The molecule has 22 heavy (non-hydrogen) atoms. The van der Waals surface area contributed by atoms with E-state index >= 15 is 0 Å². The molecule has 0 aliphatic carbocycles. The van der Waals surface area contributed by atoms with E-state index in [1.54, 1.807) is 0 Å². The molecule has 1 saturated heterocycles. The Morgan fingerprint density at radius 3 is 2.27 bits per heavy atom. The van der Waals surface area contributed by atoms with E-state index in [0.717, 1.165) is 37.0 Å². The van der Waals surface area contributed by atoms with Gasteiger partial charge in [-0.05, 0) is 42.7 Å². The second-order valence-electron chi connectivity index (χ2n) is 5.61. The van der Waals surface area contributed by atoms with E-state index in [9.17, 15) is 0 Å². The largest absolute Gasteiger partial charge is 0.381 e. The number of aliphatic imine (C=N–C) groups is 1. The molecule has 1 aliphatic rings. The Hall–Kier alpha value is -2.49. The lowest BCUT2D eigenvalue weighted by Gasteiger charge is -2.12. The molecule has 4 heteroatoms. The molecule has 0 saturated carbocycles. The van der Waals surface area contributed by atoms with Gasteiger partial charge in [-0.3, -0.25) is 0 Å². The van der Waals surface area contributed by atoms with Crippen LogP contribution < -0.4 is 16.0 Å². The fourth-order valence-electron chi connectivity index (χ4n) is 2.65. The molecule has 1 fully saturated rings. The summed E-state index contributed by atoms with van der Waals surface area (Å²) < 4.78 is 0. The van der Waals surface area contributed by atoms with Crippen LogP contribution >= 0.6 is 0 Å². The van der Waals surface area contributed by atoms with Crippen molar-refractivity contribution in [3.8, 4) is 0 Å². The standard InChI is InChI=1S/C18H22N4/c1-13-10-16(21-12-15-6-4-3-5-7-15)11-14(2)17(13)22-18-19-8-9-20-18/h3-7,10-11,21H,8-9,12H2,1-2H3,(H2,19,20,22). The Morgan fingerprint density at radius 2 is 1.64 bits per heavy atom. The number of nitrogens with one attached hydrogen (secondary N) is 3. The maximum absolute atomic E-state index is 4.68. The summed E-state index contributed by atoms with van der Waals surface area (Å²) in [7, 11) is 0. The molecule has 114 valence electrons. The molecule has 3 N–H and O–H groups in total. The average molecular weight is 294 g/mol. The van der Waals surface area contributed by atoms with Crippen molar-refractivity contribution in [2.75, 3.05) is 18.4 Å². The summed E-state index contributed by atoms with van der Waals surface area (Å²) in [5.41, 5.74) is 5.82. The van der Waals surface area contributed by atoms with Gasteiger partial charge in [0, 0.05) is 25.3 Å². The first-order valence-corrected chi connectivity index (χ1v) is 7.68. The SMILES string of the molecule is Cc1cc(NCc2ccccc2)cc(C)c1N=C1NCCN1. The second kappa shape index (κ2) is 6.52. The molecule has 2 aromatic carbocycles. The van der Waals surface area contributed by atoms with Crippen LogP contribution in [0.25, 0.3) is 0 Å². The predicted octanol–water partition coefficient (Wildman–Crippen LogP) is 3.10. The Morgan fingerprint density at radius 1 is 1.00 bits per heavy atom. The van der Waals surface area contributed by atoms with Gasteiger partial charge < -0.3 is 16.0 Å². The molecule has 0 aromatic heterocycles. The molecule has 0 atom stereocenters. The third-order valence-corrected chi connectivity index (χ3v) is 3.76. The molecular formula is C18H22N4. The second-order valence-corrected chi connectivity index (χ2v) is 5.61. The van der Waals surface area contributed by atoms with Crippen molar-refractivity contribution >= 4 is 17.3 Å². The third-order valence-electron chi connectivity index (χ3n) is 3.76. The van der Waals surface area contributed by atoms with Crippen LogP contribution in [0.1, 0.15) is 16.7 Å². The summed E-state index contributed by atoms with van der Waals surface area (Å²) in [6.45, 7) is 6.92. The van der Waals surface area contributed by atoms with E-state index in [1.165, 1.54) is 16.7 Å². The van der Waals surface area contributed by atoms with Crippen LogP contribution in [0.4, 0.5) is 11.4 Å². The quantitative estimate of drug-likeness (QED) is 0.812. The molecule has 2 aromatic rings. The molecule has 0 unspecified atom stereocenters. The van der Waals surface area contributed by atoms with Crippen molar-refractivity contribution < 1.29 is 0 Å². The summed E-state index contributed by atoms with van der Waals surface area (Å²) in [6.07, 6.45) is 0. The fourth-order valence-corrected chi connectivity index (χ4v) is 2.65. The first-order chi connectivity index (χ1) is 10.7. The van der Waals surface area contributed by atoms with Gasteiger partial charge in [-0.1, -0.05) is 30.3 Å². The Bertz CT molecular complexity index is 646. The molecule has 1 aliphatic heterocycles. The van der Waals surface area contributed by atoms with E-state index in [0.29, 0.717) is 0 Å². The highest BCUT2D eigenvalue weighted by Gasteiger charge is 2.09. The van der Waals surface area contributed by atoms with Crippen molar-refractivity contribution in [1.82, 2.24) is 10.6 Å². The zero-order valence-electron chi connectivity index (χ0n) is 13.1. The Labute approximate surface area is 131 Å². The van der Waals surface area contributed by atoms with Gasteiger partial charge in [0.2, 0.25) is 0 Å². The van der Waals surface area contributed by atoms with Crippen molar-refractivity contribution in [3.05, 3.63) is 59.2 Å². The first-order valence-electron chi connectivity index (χ1n) is 7.68. The lowest BCUT2D eigenvalue weighted by atomic mass is 10.1. The van der Waals surface area contributed by atoms with Crippen LogP contribution in [-0.2, 0) is 6.54 Å². The number of benzene rings is 2. The maximum Gasteiger partial charge on any atom is 0.196 e. The van der Waals surface area contributed by atoms with Gasteiger partial charge in [0.15, 0.2) is 5.96 Å². The summed E-state index contributed by atoms with van der Waals surface area (Å²) in [6, 6.07) is 14.7. The maximum atomic E-state index is 4.68. The fraction of sp³-hybridized carbons (Fsp3) is 0.278. The molecular weight excluding hydrogens is 272 g/mol. The number of nitrogens with zero attached hydrogens (tertiary/aromatic N) is 1. The molecule has 0 bridgehead atoms. The highest BCUT2D eigenvalue weighted by molar-refractivity contribution is 5.85. The number of rotatable bonds is 4. The van der Waals surface area contributed by atoms with Crippen LogP contribution in [0.5, 0.6) is 0 Å². The zero-order valence-corrected chi connectivity index (χ0v) is 13.1. The lowest BCUT2D eigenvalue weighted by molar-refractivity contribution is 0.942. The minimum Gasteiger partial charge on any atom is -0.381 e. The first kappa shape index (κ1) is 14.4. The highest BCUT2D eigenvalue weighted by Crippen LogP contribution is 2.28. The lowest BCUT2D eigenvalue weighted by Crippen LogP contribution is -2.23. The topological polar surface area (TPSA) is 48.5 Å². The number of hydrogen-bond donors (Lipinski definition) is 3. The summed E-state index contributed by atoms with van der Waals surface area (Å²) in [4.78, 5) is 4.68. The summed E-state index contributed by atoms with van der Waals surface area (Å²) >= 11 is 0. The normalized spacial score (nSPS) is 13.5. The van der Waals surface area contributed by atoms with E-state index in [-0.39, 0.29) is 0 Å². The highest BCUT2D eigenvalue weighted by atomic mass is 15.2. The molecule has 0 spiro atoms. The van der Waals surface area contributed by atoms with Crippen LogP contribution in [-0.4, -0.2) is 19.0 Å². The van der Waals surface area contributed by atoms with E-state index in [1.807, 2.05) is 6.07 Å². The third kappa shape index (κ3) is 3.39. The van der Waals surface area contributed by atoms with Gasteiger partial charge in [0.05, 0.1) is 5.69 Å². The van der Waals surface area contributed by atoms with Crippen molar-refractivity contribution in [2.45, 2.75) is 20.4 Å². The van der Waals surface area contributed by atoms with Gasteiger partial charge >= 0.3 is 0 Å². The summed E-state index contributed by atoms with van der Waals surface area (Å²) in [5, 5.41) is 9.97. The van der Waals surface area contributed by atoms with Gasteiger partial charge in [-0.2, -0.15) is 0 Å². The smallest absolute Gasteiger partial charge is 0.196 e. The van der Waals surface area contributed by atoms with Gasteiger partial charge in [-0.25, -0.2) is 4.99 Å². The minimum atomic E-state index is 0.830. The number of hydrogen-bond acceptors (Lipinski definition) is 2. The van der Waals surface area contributed by atoms with Crippen molar-refractivity contribution in [1.29, 1.82) is 0 Å². The van der Waals surface area contributed by atoms with Crippen molar-refractivity contribution in [2.24, 2.45) is 4.99 Å². The molecule has 0 amide bonds. The van der Waals surface area contributed by atoms with E-state index in [4.69, 9.17) is 0 Å². The molecule has 1 heterocycles. The molecule has 3 rings (SSSR count). The Kier molecular flexibility index (Phi) is 4.28. The molecule has 0 radical (unpaired) electrons. The summed E-state index contributed by atoms with van der Waals surface area (Å²) in [5.74, 6) is 0.871. The van der Waals surface area contributed by atoms with Crippen LogP contribution in [0.3, 0.4) is 0 Å². The van der Waals surface area contributed by atoms with E-state index in [2.05, 4.69) is 71.2 Å². The predicted molar refractivity (Wildman–Crippen MR) is 92.8 cm³/mol. The number of aryl methyl sites for hydroxylation is 2. The average Bonchev–Trinajstić information content (AvgIpc) is 3.03. The molecule has 4 nitrogen and oxygen atoms in total. The monoisotopic (exact) mass is 294 g/mol. The van der Waals surface area contributed by atoms with Gasteiger partial charge in [0.1, 0.15) is 0 Å². The zero-order chi connectivity index (χ0) is 15.4. The van der Waals surface area contributed by atoms with Gasteiger partial charge in [0.25, 0.3) is 0 Å². The van der Waals surface area contributed by atoms with Crippen LogP contribution in [0.2, 0.25) is 0 Å². The van der Waals surface area contributed by atoms with E-state index < -0.39 is 0 Å². The Balaban J connectivity index is 1.75. The van der Waals surface area contributed by atoms with Crippen LogP contribution in [0.15, 0.2) is 47.5 Å². The van der Waals surface area contributed by atoms with Gasteiger partial charge in [-0.15, -0.1) is 0 Å². The minimum absolute atomic E-state index is 0.830. The van der Waals surface area contributed by atoms with Crippen molar-refractivity contribution in [3.63, 3.8) is 0 Å². The number of anilines is 1.